The maximum atomic E-state index is 11.4. The minimum Gasteiger partial charge on any atom is -0.353 e. The molecule has 0 spiro atoms. The summed E-state index contributed by atoms with van der Waals surface area (Å²) in [4.78, 5) is 25.5. The van der Waals surface area contributed by atoms with Crippen molar-refractivity contribution in [1.82, 2.24) is 20.8 Å². The van der Waals surface area contributed by atoms with Crippen LogP contribution in [0.15, 0.2) is 17.1 Å². The quantitative estimate of drug-likeness (QED) is 0.269. The number of hydrogen-bond donors (Lipinski definition) is 3. The van der Waals surface area contributed by atoms with E-state index in [1.54, 1.807) is 26.2 Å². The van der Waals surface area contributed by atoms with Gasteiger partial charge in [-0.15, -0.1) is 10.2 Å². The van der Waals surface area contributed by atoms with E-state index in [2.05, 4.69) is 25.8 Å². The van der Waals surface area contributed by atoms with Crippen LogP contribution in [-0.4, -0.2) is 48.2 Å². The summed E-state index contributed by atoms with van der Waals surface area (Å²) in [6.07, 6.45) is 6.81. The smallest absolute Gasteiger partial charge is 0.282 e. The SMILES string of the molecule is CN=C(/C=C\C(=N)CCCCc1nnc(C(=O)NC)s1)NC=O. The molecule has 0 aliphatic heterocycles. The third-order valence-corrected chi connectivity index (χ3v) is 3.85. The van der Waals surface area contributed by atoms with Crippen molar-refractivity contribution in [2.45, 2.75) is 25.7 Å². The molecule has 0 saturated heterocycles. The lowest BCUT2D eigenvalue weighted by molar-refractivity contribution is -0.108. The zero-order valence-corrected chi connectivity index (χ0v) is 13.9. The highest BCUT2D eigenvalue weighted by Crippen LogP contribution is 2.13. The first kappa shape index (κ1) is 18.6. The molecule has 0 aromatic carbocycles. The van der Waals surface area contributed by atoms with Crippen LogP contribution in [0.25, 0.3) is 0 Å². The van der Waals surface area contributed by atoms with Crippen molar-refractivity contribution in [2.75, 3.05) is 14.1 Å². The molecule has 9 heteroatoms. The fourth-order valence-electron chi connectivity index (χ4n) is 1.66. The Morgan fingerprint density at radius 1 is 1.35 bits per heavy atom. The van der Waals surface area contributed by atoms with Gasteiger partial charge in [0.1, 0.15) is 10.8 Å². The number of amidine groups is 1. The van der Waals surface area contributed by atoms with Crippen LogP contribution in [0.1, 0.15) is 34.1 Å². The largest absolute Gasteiger partial charge is 0.353 e. The topological polar surface area (TPSA) is 120 Å². The Kier molecular flexibility index (Phi) is 8.37. The molecular weight excluding hydrogens is 316 g/mol. The third-order valence-electron chi connectivity index (χ3n) is 2.87. The molecule has 23 heavy (non-hydrogen) atoms. The Balaban J connectivity index is 2.30. The van der Waals surface area contributed by atoms with Gasteiger partial charge >= 0.3 is 0 Å². The Hall–Kier alpha value is -2.42. The minimum absolute atomic E-state index is 0.224. The first-order chi connectivity index (χ1) is 11.1. The zero-order valence-electron chi connectivity index (χ0n) is 13.1. The first-order valence-corrected chi connectivity index (χ1v) is 7.89. The number of carbonyl (C=O) groups excluding carboxylic acids is 2. The van der Waals surface area contributed by atoms with Crippen molar-refractivity contribution in [3.63, 3.8) is 0 Å². The molecule has 0 saturated carbocycles. The number of aliphatic imine (C=N–C) groups is 1. The predicted octanol–water partition coefficient (Wildman–Crippen LogP) is 0.961. The van der Waals surface area contributed by atoms with E-state index in [1.807, 2.05) is 0 Å². The fraction of sp³-hybridized carbons (Fsp3) is 0.429. The average molecular weight is 336 g/mol. The van der Waals surface area contributed by atoms with Gasteiger partial charge in [0.2, 0.25) is 11.4 Å². The highest BCUT2D eigenvalue weighted by molar-refractivity contribution is 7.13. The molecule has 1 heterocycles. The van der Waals surface area contributed by atoms with E-state index in [9.17, 15) is 9.59 Å². The van der Waals surface area contributed by atoms with E-state index in [1.165, 1.54) is 11.3 Å². The van der Waals surface area contributed by atoms with Crippen LogP contribution in [0, 0.1) is 5.41 Å². The van der Waals surface area contributed by atoms with E-state index < -0.39 is 0 Å². The number of carbonyl (C=O) groups is 2. The molecule has 0 unspecified atom stereocenters. The monoisotopic (exact) mass is 336 g/mol. The number of aryl methyl sites for hydroxylation is 1. The fourth-order valence-corrected chi connectivity index (χ4v) is 2.48. The van der Waals surface area contributed by atoms with Gasteiger partial charge in [-0.05, 0) is 31.4 Å². The molecular formula is C14H20N6O2S. The van der Waals surface area contributed by atoms with Crippen molar-refractivity contribution >= 4 is 35.2 Å². The highest BCUT2D eigenvalue weighted by Gasteiger charge is 2.10. The predicted molar refractivity (Wildman–Crippen MR) is 90.3 cm³/mol. The molecule has 8 nitrogen and oxygen atoms in total. The van der Waals surface area contributed by atoms with Gasteiger partial charge in [0.15, 0.2) is 0 Å². The van der Waals surface area contributed by atoms with Crippen LogP contribution in [0.2, 0.25) is 0 Å². The summed E-state index contributed by atoms with van der Waals surface area (Å²) in [7, 11) is 3.12. The second-order valence-corrected chi connectivity index (χ2v) is 5.58. The Morgan fingerprint density at radius 3 is 2.78 bits per heavy atom. The summed E-state index contributed by atoms with van der Waals surface area (Å²) in [5.41, 5.74) is 0.460. The van der Waals surface area contributed by atoms with Crippen molar-refractivity contribution in [3.8, 4) is 0 Å². The summed E-state index contributed by atoms with van der Waals surface area (Å²) in [6.45, 7) is 0. The average Bonchev–Trinajstić information content (AvgIpc) is 3.03. The van der Waals surface area contributed by atoms with Crippen molar-refractivity contribution in [1.29, 1.82) is 5.41 Å². The van der Waals surface area contributed by atoms with E-state index in [0.29, 0.717) is 29.4 Å². The number of aromatic nitrogens is 2. The second kappa shape index (κ2) is 10.3. The van der Waals surface area contributed by atoms with E-state index in [-0.39, 0.29) is 5.91 Å². The van der Waals surface area contributed by atoms with Crippen LogP contribution in [-0.2, 0) is 11.2 Å². The van der Waals surface area contributed by atoms with Gasteiger partial charge in [-0.2, -0.15) is 0 Å². The summed E-state index contributed by atoms with van der Waals surface area (Å²) in [5.74, 6) is 0.193. The molecule has 0 aliphatic rings. The lowest BCUT2D eigenvalue weighted by atomic mass is 10.1. The highest BCUT2D eigenvalue weighted by atomic mass is 32.1. The van der Waals surface area contributed by atoms with Crippen molar-refractivity contribution < 1.29 is 9.59 Å². The molecule has 0 fully saturated rings. The number of hydrogen-bond acceptors (Lipinski definition) is 7. The molecule has 0 bridgehead atoms. The number of amides is 2. The van der Waals surface area contributed by atoms with Gasteiger partial charge in [0.05, 0.1) is 0 Å². The normalized spacial score (nSPS) is 11.5. The first-order valence-electron chi connectivity index (χ1n) is 7.07. The molecule has 3 N–H and O–H groups in total. The van der Waals surface area contributed by atoms with Crippen LogP contribution in [0.5, 0.6) is 0 Å². The van der Waals surface area contributed by atoms with E-state index >= 15 is 0 Å². The molecule has 0 radical (unpaired) electrons. The maximum Gasteiger partial charge on any atom is 0.282 e. The van der Waals surface area contributed by atoms with Crippen molar-refractivity contribution in [3.05, 3.63) is 22.2 Å². The number of nitrogens with zero attached hydrogens (tertiary/aromatic N) is 3. The number of unbranched alkanes of at least 4 members (excludes halogenated alkanes) is 1. The van der Waals surface area contributed by atoms with Gasteiger partial charge in [0.25, 0.3) is 5.91 Å². The second-order valence-electron chi connectivity index (χ2n) is 4.52. The van der Waals surface area contributed by atoms with Gasteiger partial charge in [0, 0.05) is 26.2 Å². The minimum atomic E-state index is -0.224. The number of nitrogens with one attached hydrogen (secondary N) is 3. The van der Waals surface area contributed by atoms with Crippen LogP contribution in [0.3, 0.4) is 0 Å². The lowest BCUT2D eigenvalue weighted by Crippen LogP contribution is -2.19. The zero-order chi connectivity index (χ0) is 17.1. The number of allylic oxidation sites excluding steroid dienone is 1. The van der Waals surface area contributed by atoms with Crippen LogP contribution < -0.4 is 10.6 Å². The summed E-state index contributed by atoms with van der Waals surface area (Å²) < 4.78 is 0. The summed E-state index contributed by atoms with van der Waals surface area (Å²) in [6, 6.07) is 0. The van der Waals surface area contributed by atoms with Gasteiger partial charge in [-0.25, -0.2) is 0 Å². The lowest BCUT2D eigenvalue weighted by Gasteiger charge is -1.99. The molecule has 0 atom stereocenters. The van der Waals surface area contributed by atoms with E-state index in [0.717, 1.165) is 24.3 Å². The van der Waals surface area contributed by atoms with Gasteiger partial charge in [-0.1, -0.05) is 11.3 Å². The Bertz CT molecular complexity index is 608. The van der Waals surface area contributed by atoms with Crippen LogP contribution >= 0.6 is 11.3 Å². The molecule has 2 amide bonds. The Morgan fingerprint density at radius 2 is 2.13 bits per heavy atom. The van der Waals surface area contributed by atoms with Crippen molar-refractivity contribution in [2.24, 2.45) is 4.99 Å². The van der Waals surface area contributed by atoms with E-state index in [4.69, 9.17) is 5.41 Å². The molecule has 0 aliphatic carbocycles. The molecule has 1 rings (SSSR count). The summed E-state index contributed by atoms with van der Waals surface area (Å²) in [5, 5.41) is 21.8. The summed E-state index contributed by atoms with van der Waals surface area (Å²) >= 11 is 1.29. The molecule has 1 aromatic rings. The van der Waals surface area contributed by atoms with Gasteiger partial charge < -0.3 is 16.0 Å². The number of rotatable bonds is 9. The Labute approximate surface area is 138 Å². The standard InChI is InChI=1S/C14H20N6O2S/c1-16-11(18-9-21)8-7-10(15)5-3-4-6-12-19-20-14(23-12)13(22)17-2/h7-9,15H,3-6H2,1-2H3,(H,17,22)(H,16,18,21)/b8-7-,15-10?. The molecule has 124 valence electrons. The maximum absolute atomic E-state index is 11.4. The third kappa shape index (κ3) is 6.92. The van der Waals surface area contributed by atoms with Gasteiger partial charge in [-0.3, -0.25) is 14.6 Å². The van der Waals surface area contributed by atoms with Crippen LogP contribution in [0.4, 0.5) is 0 Å². The molecule has 1 aromatic heterocycles.